The summed E-state index contributed by atoms with van der Waals surface area (Å²) in [6, 6.07) is 1.52. The Bertz CT molecular complexity index is 180. The van der Waals surface area contributed by atoms with Crippen molar-refractivity contribution >= 4 is 5.97 Å². The number of hydrogen-bond donors (Lipinski definition) is 1. The van der Waals surface area contributed by atoms with E-state index >= 15 is 0 Å². The van der Waals surface area contributed by atoms with Gasteiger partial charge in [0.05, 0.1) is 6.61 Å². The molecular weight excluding hydrogens is 134 g/mol. The van der Waals surface area contributed by atoms with Crippen molar-refractivity contribution in [2.24, 2.45) is 0 Å². The fourth-order valence-electron chi connectivity index (χ4n) is 0.271. The number of carbonyl (C=O) groups is 1. The molecule has 0 aromatic carbocycles. The molecule has 0 saturated heterocycles. The zero-order valence-electron chi connectivity index (χ0n) is 5.33. The number of aliphatic hydroxyl groups excluding tert-OH is 1. The summed E-state index contributed by atoms with van der Waals surface area (Å²) < 4.78 is 4.33. The van der Waals surface area contributed by atoms with Crippen LogP contribution in [0.15, 0.2) is 12.2 Å². The van der Waals surface area contributed by atoms with Crippen LogP contribution in [0.5, 0.6) is 0 Å². The maximum Gasteiger partial charge on any atom is 0.348 e. The van der Waals surface area contributed by atoms with Crippen LogP contribution >= 0.6 is 0 Å². The number of esters is 1. The highest BCUT2D eigenvalue weighted by Gasteiger charge is 2.05. The molecule has 0 aliphatic carbocycles. The van der Waals surface area contributed by atoms with Crippen LogP contribution in [-0.2, 0) is 9.53 Å². The minimum Gasteiger partial charge on any atom is -0.459 e. The third-order valence-corrected chi connectivity index (χ3v) is 0.706. The van der Waals surface area contributed by atoms with Crippen LogP contribution in [0.3, 0.4) is 0 Å². The Balaban J connectivity index is 3.66. The lowest BCUT2D eigenvalue weighted by atomic mass is 10.3. The standard InChI is InChI=1S/C6H7NO3/c1-5(4-7)6(9)10-3-2-8/h8H,1-3H2. The average Bonchev–Trinajstić information content (AvgIpc) is 1.98. The molecule has 0 heterocycles. The predicted octanol–water partition coefficient (Wildman–Crippen LogP) is -0.398. The summed E-state index contributed by atoms with van der Waals surface area (Å²) in [6.45, 7) is 2.77. The van der Waals surface area contributed by atoms with Crippen molar-refractivity contribution in [2.45, 2.75) is 0 Å². The topological polar surface area (TPSA) is 70.3 Å². The van der Waals surface area contributed by atoms with E-state index < -0.39 is 5.97 Å². The number of hydrogen-bond acceptors (Lipinski definition) is 4. The molecule has 10 heavy (non-hydrogen) atoms. The lowest BCUT2D eigenvalue weighted by Gasteiger charge is -1.97. The van der Waals surface area contributed by atoms with Gasteiger partial charge in [-0.15, -0.1) is 0 Å². The highest BCUT2D eigenvalue weighted by molar-refractivity contribution is 5.91. The molecule has 0 rings (SSSR count). The molecule has 0 radical (unpaired) electrons. The Hall–Kier alpha value is -1.34. The lowest BCUT2D eigenvalue weighted by molar-refractivity contribution is -0.139. The number of rotatable bonds is 3. The summed E-state index contributed by atoms with van der Waals surface area (Å²) in [5.74, 6) is -0.781. The summed E-state index contributed by atoms with van der Waals surface area (Å²) in [5, 5.41) is 16.3. The highest BCUT2D eigenvalue weighted by atomic mass is 16.5. The van der Waals surface area contributed by atoms with Crippen LogP contribution in [0.2, 0.25) is 0 Å². The van der Waals surface area contributed by atoms with Gasteiger partial charge in [0.15, 0.2) is 0 Å². The smallest absolute Gasteiger partial charge is 0.348 e. The molecule has 4 nitrogen and oxygen atoms in total. The maximum absolute atomic E-state index is 10.5. The molecule has 0 saturated carbocycles. The van der Waals surface area contributed by atoms with Crippen LogP contribution in [0, 0.1) is 11.3 Å². The van der Waals surface area contributed by atoms with Crippen molar-refractivity contribution in [1.29, 1.82) is 5.26 Å². The zero-order valence-corrected chi connectivity index (χ0v) is 5.33. The molecule has 0 aliphatic rings. The third-order valence-electron chi connectivity index (χ3n) is 0.706. The molecule has 0 fully saturated rings. The van der Waals surface area contributed by atoms with E-state index in [-0.39, 0.29) is 18.8 Å². The van der Waals surface area contributed by atoms with E-state index in [2.05, 4.69) is 11.3 Å². The van der Waals surface area contributed by atoms with Crippen LogP contribution in [-0.4, -0.2) is 24.3 Å². The van der Waals surface area contributed by atoms with Gasteiger partial charge in [0.1, 0.15) is 18.2 Å². The molecule has 0 amide bonds. The monoisotopic (exact) mass is 141 g/mol. The number of carbonyl (C=O) groups excluding carboxylic acids is 1. The van der Waals surface area contributed by atoms with E-state index in [0.717, 1.165) is 0 Å². The van der Waals surface area contributed by atoms with Crippen molar-refractivity contribution in [3.63, 3.8) is 0 Å². The van der Waals surface area contributed by atoms with Gasteiger partial charge in [-0.25, -0.2) is 4.79 Å². The van der Waals surface area contributed by atoms with Gasteiger partial charge in [-0.05, 0) is 0 Å². The van der Waals surface area contributed by atoms with Crippen LogP contribution in [0.25, 0.3) is 0 Å². The number of aliphatic hydroxyl groups is 1. The van der Waals surface area contributed by atoms with Gasteiger partial charge in [0.25, 0.3) is 0 Å². The van der Waals surface area contributed by atoms with Gasteiger partial charge < -0.3 is 9.84 Å². The second-order valence-electron chi connectivity index (χ2n) is 1.45. The first-order valence-electron chi connectivity index (χ1n) is 2.59. The average molecular weight is 141 g/mol. The minimum atomic E-state index is -0.781. The van der Waals surface area contributed by atoms with Crippen LogP contribution in [0.4, 0.5) is 0 Å². The molecule has 0 unspecified atom stereocenters. The largest absolute Gasteiger partial charge is 0.459 e. The van der Waals surface area contributed by atoms with E-state index in [1.165, 1.54) is 6.07 Å². The fourth-order valence-corrected chi connectivity index (χ4v) is 0.271. The summed E-state index contributed by atoms with van der Waals surface area (Å²) >= 11 is 0. The fraction of sp³-hybridized carbons (Fsp3) is 0.333. The van der Waals surface area contributed by atoms with Gasteiger partial charge in [-0.3, -0.25) is 0 Å². The van der Waals surface area contributed by atoms with Gasteiger partial charge in [-0.2, -0.15) is 5.26 Å². The SMILES string of the molecule is C=C(C#N)C(=O)OCCO. The van der Waals surface area contributed by atoms with Crippen molar-refractivity contribution in [1.82, 2.24) is 0 Å². The van der Waals surface area contributed by atoms with Crippen molar-refractivity contribution in [3.05, 3.63) is 12.2 Å². The summed E-state index contributed by atoms with van der Waals surface area (Å²) in [6.07, 6.45) is 0. The first-order valence-corrected chi connectivity index (χ1v) is 2.59. The first-order chi connectivity index (χ1) is 4.72. The molecule has 1 N–H and O–H groups in total. The van der Waals surface area contributed by atoms with Gasteiger partial charge in [-0.1, -0.05) is 6.58 Å². The van der Waals surface area contributed by atoms with Crippen LogP contribution in [0.1, 0.15) is 0 Å². The second kappa shape index (κ2) is 4.53. The summed E-state index contributed by atoms with van der Waals surface area (Å²) in [5.41, 5.74) is -0.256. The van der Waals surface area contributed by atoms with Gasteiger partial charge in [0, 0.05) is 0 Å². The molecule has 0 spiro atoms. The first kappa shape index (κ1) is 8.66. The lowest BCUT2D eigenvalue weighted by Crippen LogP contribution is -2.09. The Kier molecular flexibility index (Phi) is 3.92. The second-order valence-corrected chi connectivity index (χ2v) is 1.45. The van der Waals surface area contributed by atoms with E-state index in [9.17, 15) is 4.79 Å². The van der Waals surface area contributed by atoms with E-state index in [1.54, 1.807) is 0 Å². The third kappa shape index (κ3) is 2.84. The Morgan fingerprint density at radius 3 is 2.80 bits per heavy atom. The molecule has 0 atom stereocenters. The predicted molar refractivity (Wildman–Crippen MR) is 32.8 cm³/mol. The van der Waals surface area contributed by atoms with Gasteiger partial charge >= 0.3 is 5.97 Å². The summed E-state index contributed by atoms with van der Waals surface area (Å²) in [4.78, 5) is 10.5. The number of nitrogens with zero attached hydrogens (tertiary/aromatic N) is 1. The van der Waals surface area contributed by atoms with Crippen molar-refractivity contribution in [2.75, 3.05) is 13.2 Å². The van der Waals surface area contributed by atoms with Crippen LogP contribution < -0.4 is 0 Å². The zero-order chi connectivity index (χ0) is 7.98. The molecular formula is C6H7NO3. The van der Waals surface area contributed by atoms with E-state index in [0.29, 0.717) is 0 Å². The number of nitriles is 1. The van der Waals surface area contributed by atoms with Crippen molar-refractivity contribution in [3.8, 4) is 6.07 Å². The Labute approximate surface area is 58.3 Å². The molecule has 4 heteroatoms. The van der Waals surface area contributed by atoms with E-state index in [1.807, 2.05) is 0 Å². The molecule has 0 aromatic rings. The molecule has 0 aliphatic heterocycles. The van der Waals surface area contributed by atoms with Gasteiger partial charge in [0.2, 0.25) is 0 Å². The van der Waals surface area contributed by atoms with Crippen molar-refractivity contribution < 1.29 is 14.6 Å². The highest BCUT2D eigenvalue weighted by Crippen LogP contribution is 1.90. The maximum atomic E-state index is 10.5. The number of ether oxygens (including phenoxy) is 1. The summed E-state index contributed by atoms with van der Waals surface area (Å²) in [7, 11) is 0. The Morgan fingerprint density at radius 2 is 2.40 bits per heavy atom. The molecule has 0 bridgehead atoms. The Morgan fingerprint density at radius 1 is 1.80 bits per heavy atom. The molecule has 0 aromatic heterocycles. The minimum absolute atomic E-state index is 0.0977. The quantitative estimate of drug-likeness (QED) is 0.330. The molecule has 54 valence electrons. The van der Waals surface area contributed by atoms with E-state index in [4.69, 9.17) is 10.4 Å². The normalized spacial score (nSPS) is 8.00.